The summed E-state index contributed by atoms with van der Waals surface area (Å²) >= 11 is 0. The highest BCUT2D eigenvalue weighted by atomic mass is 16.5. The van der Waals surface area contributed by atoms with Gasteiger partial charge in [-0.2, -0.15) is 0 Å². The van der Waals surface area contributed by atoms with E-state index in [2.05, 4.69) is 17.0 Å². The topological polar surface area (TPSA) is 61.6 Å². The number of hydrogen-bond acceptors (Lipinski definition) is 4. The molecule has 0 aliphatic carbocycles. The molecule has 0 saturated carbocycles. The Morgan fingerprint density at radius 2 is 1.88 bits per heavy atom. The molecule has 1 aliphatic heterocycles. The molecule has 102 valence electrons. The summed E-state index contributed by atoms with van der Waals surface area (Å²) in [6.07, 6.45) is 4.87. The Morgan fingerprint density at radius 3 is 2.24 bits per heavy atom. The van der Waals surface area contributed by atoms with Crippen molar-refractivity contribution in [2.75, 3.05) is 27.4 Å². The first-order valence-corrected chi connectivity index (χ1v) is 5.98. The third-order valence-electron chi connectivity index (χ3n) is 2.25. The van der Waals surface area contributed by atoms with E-state index in [0.717, 1.165) is 32.5 Å². The van der Waals surface area contributed by atoms with Crippen LogP contribution >= 0.6 is 0 Å². The Morgan fingerprint density at radius 1 is 1.47 bits per heavy atom. The molecule has 1 aliphatic rings. The van der Waals surface area contributed by atoms with Gasteiger partial charge in [0.05, 0.1) is 0 Å². The van der Waals surface area contributed by atoms with Crippen LogP contribution in [-0.4, -0.2) is 33.2 Å². The minimum absolute atomic E-state index is 0.400. The summed E-state index contributed by atoms with van der Waals surface area (Å²) in [5, 5.41) is 0. The van der Waals surface area contributed by atoms with Gasteiger partial charge >= 0.3 is 0 Å². The predicted molar refractivity (Wildman–Crippen MR) is 70.8 cm³/mol. The van der Waals surface area contributed by atoms with Crippen molar-refractivity contribution in [1.29, 1.82) is 0 Å². The monoisotopic (exact) mass is 245 g/mol. The molecule has 1 rings (SSSR count). The van der Waals surface area contributed by atoms with Crippen LogP contribution in [0.25, 0.3) is 0 Å². The molecule has 1 fully saturated rings. The Balaban J connectivity index is 0. The number of methoxy groups -OCH3 is 1. The Labute approximate surface area is 105 Å². The molecule has 4 nitrogen and oxygen atoms in total. The number of ketones is 1. The first kappa shape index (κ1) is 18.5. The molecule has 0 bridgehead atoms. The lowest BCUT2D eigenvalue weighted by Gasteiger charge is -2.20. The van der Waals surface area contributed by atoms with Crippen molar-refractivity contribution in [1.82, 2.24) is 0 Å². The summed E-state index contributed by atoms with van der Waals surface area (Å²) in [7, 11) is 3.25. The van der Waals surface area contributed by atoms with E-state index in [0.29, 0.717) is 18.1 Å². The number of nitrogens with two attached hydrogens (primary N) is 1. The zero-order valence-corrected chi connectivity index (χ0v) is 11.4. The van der Waals surface area contributed by atoms with Gasteiger partial charge in [-0.1, -0.05) is 13.5 Å². The second-order valence-corrected chi connectivity index (χ2v) is 3.80. The van der Waals surface area contributed by atoms with Crippen molar-refractivity contribution < 1.29 is 14.3 Å². The minimum Gasteiger partial charge on any atom is -0.405 e. The van der Waals surface area contributed by atoms with Crippen molar-refractivity contribution in [2.24, 2.45) is 11.7 Å². The van der Waals surface area contributed by atoms with Crippen LogP contribution in [0.2, 0.25) is 0 Å². The highest BCUT2D eigenvalue weighted by Gasteiger charge is 2.15. The van der Waals surface area contributed by atoms with Gasteiger partial charge in [0.25, 0.3) is 0 Å². The van der Waals surface area contributed by atoms with Crippen LogP contribution in [0, 0.1) is 5.92 Å². The smallest absolute Gasteiger partial charge is 0.132 e. The van der Waals surface area contributed by atoms with E-state index in [9.17, 15) is 4.79 Å². The fourth-order valence-corrected chi connectivity index (χ4v) is 1.42. The lowest BCUT2D eigenvalue weighted by Crippen LogP contribution is -2.18. The average Bonchev–Trinajstić information content (AvgIpc) is 2.32. The summed E-state index contributed by atoms with van der Waals surface area (Å²) in [5.74, 6) is 1.01. The van der Waals surface area contributed by atoms with Crippen LogP contribution in [-0.2, 0) is 14.3 Å². The molecule has 0 atom stereocenters. The van der Waals surface area contributed by atoms with Gasteiger partial charge in [-0.05, 0) is 25.0 Å². The molecule has 1 saturated heterocycles. The average molecular weight is 245 g/mol. The van der Waals surface area contributed by atoms with Gasteiger partial charge in [0.2, 0.25) is 0 Å². The van der Waals surface area contributed by atoms with Gasteiger partial charge in [-0.15, -0.1) is 0 Å². The van der Waals surface area contributed by atoms with Crippen molar-refractivity contribution in [2.45, 2.75) is 32.6 Å². The van der Waals surface area contributed by atoms with Crippen LogP contribution in [0.4, 0.5) is 0 Å². The van der Waals surface area contributed by atoms with Gasteiger partial charge in [-0.25, -0.2) is 0 Å². The molecular weight excluding hydrogens is 218 g/mol. The van der Waals surface area contributed by atoms with E-state index in [4.69, 9.17) is 4.74 Å². The van der Waals surface area contributed by atoms with Crippen LogP contribution in [0.5, 0.6) is 0 Å². The summed E-state index contributed by atoms with van der Waals surface area (Å²) in [4.78, 5) is 11.0. The molecule has 0 spiro atoms. The van der Waals surface area contributed by atoms with Crippen molar-refractivity contribution in [3.63, 3.8) is 0 Å². The molecule has 4 heteroatoms. The van der Waals surface area contributed by atoms with Gasteiger partial charge in [-0.3, -0.25) is 4.79 Å². The van der Waals surface area contributed by atoms with E-state index < -0.39 is 0 Å². The molecular formula is C13H27NO3. The second kappa shape index (κ2) is 15.1. The molecule has 0 aromatic heterocycles. The quantitative estimate of drug-likeness (QED) is 0.827. The van der Waals surface area contributed by atoms with Gasteiger partial charge < -0.3 is 15.2 Å². The normalized spacial score (nSPS) is 14.8. The number of carbonyl (C=O) groups excluding carboxylic acids is 1. The molecule has 0 unspecified atom stereocenters. The third-order valence-corrected chi connectivity index (χ3v) is 2.25. The number of rotatable bonds is 3. The Bertz CT molecular complexity index is 178. The highest BCUT2D eigenvalue weighted by Crippen LogP contribution is 2.18. The minimum atomic E-state index is 0.400. The van der Waals surface area contributed by atoms with Crippen LogP contribution in [0.15, 0.2) is 12.8 Å². The summed E-state index contributed by atoms with van der Waals surface area (Å²) in [6.45, 7) is 6.77. The molecule has 0 aromatic rings. The molecule has 0 radical (unpaired) electrons. The van der Waals surface area contributed by atoms with Gasteiger partial charge in [0.15, 0.2) is 0 Å². The molecule has 17 heavy (non-hydrogen) atoms. The molecule has 1 heterocycles. The lowest BCUT2D eigenvalue weighted by atomic mass is 9.94. The van der Waals surface area contributed by atoms with Crippen LogP contribution in [0.1, 0.15) is 32.6 Å². The summed E-state index contributed by atoms with van der Waals surface area (Å²) in [5.41, 5.74) is 4.61. The van der Waals surface area contributed by atoms with Gasteiger partial charge in [0.1, 0.15) is 5.78 Å². The van der Waals surface area contributed by atoms with Crippen molar-refractivity contribution >= 4 is 5.78 Å². The lowest BCUT2D eigenvalue weighted by molar-refractivity contribution is -0.120. The SMILES string of the molecule is C=CN.CCC(=O)CC1CCOCC1.COC. The van der Waals surface area contributed by atoms with Crippen molar-refractivity contribution in [3.05, 3.63) is 12.8 Å². The zero-order valence-electron chi connectivity index (χ0n) is 11.4. The number of Topliss-reactive ketones (excluding diaryl/α,β-unsaturated/α-hetero) is 1. The van der Waals surface area contributed by atoms with E-state index in [1.807, 2.05) is 6.92 Å². The Kier molecular flexibility index (Phi) is 16.5. The first-order valence-electron chi connectivity index (χ1n) is 5.98. The standard InChI is InChI=1S/C9H16O2.C2H5N.C2H6O/c1-2-9(10)7-8-3-5-11-6-4-8;1-2-3;1-3-2/h8H,2-7H2,1H3;2H,1,3H2;1-2H3. The highest BCUT2D eigenvalue weighted by molar-refractivity contribution is 5.78. The third kappa shape index (κ3) is 15.1. The van der Waals surface area contributed by atoms with E-state index in [-0.39, 0.29) is 0 Å². The summed E-state index contributed by atoms with van der Waals surface area (Å²) < 4.78 is 9.45. The maximum Gasteiger partial charge on any atom is 0.132 e. The largest absolute Gasteiger partial charge is 0.405 e. The summed E-state index contributed by atoms with van der Waals surface area (Å²) in [6, 6.07) is 0. The van der Waals surface area contributed by atoms with Crippen LogP contribution < -0.4 is 5.73 Å². The molecule has 0 aromatic carbocycles. The first-order chi connectivity index (χ1) is 8.15. The zero-order chi connectivity index (χ0) is 13.5. The van der Waals surface area contributed by atoms with Crippen molar-refractivity contribution in [3.8, 4) is 0 Å². The Hall–Kier alpha value is -0.870. The number of hydrogen-bond donors (Lipinski definition) is 1. The maximum atomic E-state index is 11.0. The number of ether oxygens (including phenoxy) is 2. The van der Waals surface area contributed by atoms with Gasteiger partial charge in [0, 0.05) is 40.3 Å². The predicted octanol–water partition coefficient (Wildman–Crippen LogP) is 2.13. The number of carbonyl (C=O) groups is 1. The second-order valence-electron chi connectivity index (χ2n) is 3.80. The molecule has 2 N–H and O–H groups in total. The molecule has 0 amide bonds. The van der Waals surface area contributed by atoms with Crippen LogP contribution in [0.3, 0.4) is 0 Å². The fraction of sp³-hybridized carbons (Fsp3) is 0.769. The van der Waals surface area contributed by atoms with E-state index >= 15 is 0 Å². The van der Waals surface area contributed by atoms with E-state index in [1.165, 1.54) is 6.20 Å². The maximum absolute atomic E-state index is 11.0. The van der Waals surface area contributed by atoms with E-state index in [1.54, 1.807) is 14.2 Å². The fourth-order valence-electron chi connectivity index (χ4n) is 1.42.